The number of hydrogen-bond donors (Lipinski definition) is 0. The third kappa shape index (κ3) is 2.11. The highest BCUT2D eigenvalue weighted by Crippen LogP contribution is 2.39. The van der Waals surface area contributed by atoms with Crippen molar-refractivity contribution in [2.24, 2.45) is 0 Å². The van der Waals surface area contributed by atoms with E-state index in [0.717, 1.165) is 0 Å². The van der Waals surface area contributed by atoms with Crippen LogP contribution in [-0.2, 0) is 0 Å². The molecule has 0 N–H and O–H groups in total. The van der Waals surface area contributed by atoms with Crippen LogP contribution in [0.25, 0.3) is 11.4 Å². The molecule has 82 valence electrons. The smallest absolute Gasteiger partial charge is 0.150 e. The molecule has 0 saturated carbocycles. The summed E-state index contributed by atoms with van der Waals surface area (Å²) in [5.74, 6) is 0. The van der Waals surface area contributed by atoms with Crippen LogP contribution in [-0.4, -0.2) is 9.97 Å². The van der Waals surface area contributed by atoms with Crippen molar-refractivity contribution in [3.63, 3.8) is 0 Å². The van der Waals surface area contributed by atoms with Crippen LogP contribution in [0.3, 0.4) is 0 Å². The summed E-state index contributed by atoms with van der Waals surface area (Å²) in [7, 11) is 0. The van der Waals surface area contributed by atoms with Crippen molar-refractivity contribution < 1.29 is 0 Å². The third-order valence-electron chi connectivity index (χ3n) is 1.89. The largest absolute Gasteiger partial charge is 0.255 e. The molecule has 0 saturated heterocycles. The van der Waals surface area contributed by atoms with E-state index in [-0.39, 0.29) is 20.2 Å². The SMILES string of the molecule is Clc1nc(-c2ccccn2)c(Cl)c(Cl)c1Cl. The second kappa shape index (κ2) is 4.76. The predicted molar refractivity (Wildman–Crippen MR) is 67.5 cm³/mol. The summed E-state index contributed by atoms with van der Waals surface area (Å²) in [5, 5.41) is 0.684. The Morgan fingerprint density at radius 2 is 1.62 bits per heavy atom. The van der Waals surface area contributed by atoms with E-state index < -0.39 is 0 Å². The maximum Gasteiger partial charge on any atom is 0.150 e. The highest BCUT2D eigenvalue weighted by Gasteiger charge is 2.16. The molecular formula is C10H4Cl4N2. The lowest BCUT2D eigenvalue weighted by Crippen LogP contribution is -1.91. The molecule has 0 radical (unpaired) electrons. The van der Waals surface area contributed by atoms with Crippen molar-refractivity contribution in [1.82, 2.24) is 9.97 Å². The summed E-state index contributed by atoms with van der Waals surface area (Å²) >= 11 is 23.6. The highest BCUT2D eigenvalue weighted by molar-refractivity contribution is 6.52. The number of halogens is 4. The van der Waals surface area contributed by atoms with Gasteiger partial charge in [0.25, 0.3) is 0 Å². The van der Waals surface area contributed by atoms with Crippen LogP contribution in [0, 0.1) is 0 Å². The first-order chi connectivity index (χ1) is 7.61. The monoisotopic (exact) mass is 292 g/mol. The average Bonchev–Trinajstić information content (AvgIpc) is 2.32. The number of hydrogen-bond acceptors (Lipinski definition) is 2. The Labute approximate surface area is 112 Å². The minimum Gasteiger partial charge on any atom is -0.255 e. The van der Waals surface area contributed by atoms with Gasteiger partial charge in [0.1, 0.15) is 10.8 Å². The molecule has 2 rings (SSSR count). The predicted octanol–water partition coefficient (Wildman–Crippen LogP) is 4.76. The summed E-state index contributed by atoms with van der Waals surface area (Å²) in [6, 6.07) is 5.36. The van der Waals surface area contributed by atoms with E-state index in [1.54, 1.807) is 18.3 Å². The molecule has 0 aromatic carbocycles. The fourth-order valence-electron chi connectivity index (χ4n) is 1.16. The van der Waals surface area contributed by atoms with Gasteiger partial charge in [-0.05, 0) is 12.1 Å². The van der Waals surface area contributed by atoms with Crippen LogP contribution in [0.1, 0.15) is 0 Å². The quantitative estimate of drug-likeness (QED) is 0.709. The van der Waals surface area contributed by atoms with Crippen molar-refractivity contribution >= 4 is 46.4 Å². The molecule has 0 aliphatic heterocycles. The first kappa shape index (κ1) is 11.9. The average molecular weight is 294 g/mol. The molecule has 0 atom stereocenters. The second-order valence-corrected chi connectivity index (χ2v) is 4.40. The molecule has 2 nitrogen and oxygen atoms in total. The molecule has 2 aromatic rings. The summed E-state index contributed by atoms with van der Waals surface area (Å²) in [6.45, 7) is 0. The minimum atomic E-state index is 0.108. The van der Waals surface area contributed by atoms with E-state index in [2.05, 4.69) is 9.97 Å². The van der Waals surface area contributed by atoms with Crippen molar-refractivity contribution in [3.8, 4) is 11.4 Å². The molecule has 0 amide bonds. The molecule has 0 aliphatic carbocycles. The van der Waals surface area contributed by atoms with E-state index in [1.807, 2.05) is 6.07 Å². The van der Waals surface area contributed by atoms with Crippen LogP contribution in [0.15, 0.2) is 24.4 Å². The van der Waals surface area contributed by atoms with Crippen LogP contribution in [0.4, 0.5) is 0 Å². The molecule has 16 heavy (non-hydrogen) atoms. The van der Waals surface area contributed by atoms with E-state index in [9.17, 15) is 0 Å². The van der Waals surface area contributed by atoms with Crippen molar-refractivity contribution in [1.29, 1.82) is 0 Å². The van der Waals surface area contributed by atoms with Crippen LogP contribution in [0.5, 0.6) is 0 Å². The first-order valence-corrected chi connectivity index (χ1v) is 5.74. The van der Waals surface area contributed by atoms with Crippen molar-refractivity contribution in [2.45, 2.75) is 0 Å². The van der Waals surface area contributed by atoms with Gasteiger partial charge >= 0.3 is 0 Å². The molecule has 0 spiro atoms. The van der Waals surface area contributed by atoms with Gasteiger partial charge in [-0.3, -0.25) is 4.98 Å². The van der Waals surface area contributed by atoms with Gasteiger partial charge in [-0.15, -0.1) is 0 Å². The number of nitrogens with zero attached hydrogens (tertiary/aromatic N) is 2. The second-order valence-electron chi connectivity index (χ2n) is 2.91. The Hall–Kier alpha value is -0.540. The van der Waals surface area contributed by atoms with Gasteiger partial charge in [-0.1, -0.05) is 52.5 Å². The molecule has 0 aliphatic rings. The van der Waals surface area contributed by atoms with Crippen LogP contribution >= 0.6 is 46.4 Å². The topological polar surface area (TPSA) is 25.8 Å². The van der Waals surface area contributed by atoms with Gasteiger partial charge in [0.05, 0.1) is 20.8 Å². The van der Waals surface area contributed by atoms with Gasteiger partial charge in [-0.2, -0.15) is 0 Å². The summed E-state index contributed by atoms with van der Waals surface area (Å²) in [6.07, 6.45) is 1.63. The fourth-order valence-corrected chi connectivity index (χ4v) is 1.98. The lowest BCUT2D eigenvalue weighted by Gasteiger charge is -2.07. The maximum atomic E-state index is 6.03. The standard InChI is InChI=1S/C10H4Cl4N2/c11-6-7(12)9(16-10(14)8(6)13)5-3-1-2-4-15-5/h1-4H. The Morgan fingerprint density at radius 1 is 0.875 bits per heavy atom. The molecule has 0 unspecified atom stereocenters. The van der Waals surface area contributed by atoms with E-state index in [1.165, 1.54) is 0 Å². The highest BCUT2D eigenvalue weighted by atomic mass is 35.5. The molecule has 0 fully saturated rings. The molecule has 2 aromatic heterocycles. The number of aromatic nitrogens is 2. The number of rotatable bonds is 1. The Balaban J connectivity index is 2.68. The normalized spacial score (nSPS) is 10.5. The zero-order chi connectivity index (χ0) is 11.7. The molecule has 6 heteroatoms. The zero-order valence-electron chi connectivity index (χ0n) is 7.72. The van der Waals surface area contributed by atoms with Gasteiger partial charge in [-0.25, -0.2) is 4.98 Å². The van der Waals surface area contributed by atoms with Crippen molar-refractivity contribution in [3.05, 3.63) is 44.6 Å². The molecule has 2 heterocycles. The van der Waals surface area contributed by atoms with Gasteiger partial charge in [0.15, 0.2) is 0 Å². The third-order valence-corrected chi connectivity index (χ3v) is 3.57. The van der Waals surface area contributed by atoms with E-state index >= 15 is 0 Å². The summed E-state index contributed by atoms with van der Waals surface area (Å²) in [4.78, 5) is 8.17. The van der Waals surface area contributed by atoms with Gasteiger partial charge < -0.3 is 0 Å². The molecule has 0 bridgehead atoms. The van der Waals surface area contributed by atoms with Crippen LogP contribution in [0.2, 0.25) is 20.2 Å². The Morgan fingerprint density at radius 3 is 2.25 bits per heavy atom. The first-order valence-electron chi connectivity index (χ1n) is 4.22. The Bertz CT molecular complexity index is 528. The fraction of sp³-hybridized carbons (Fsp3) is 0. The lowest BCUT2D eigenvalue weighted by atomic mass is 10.2. The summed E-state index contributed by atoms with van der Waals surface area (Å²) in [5.41, 5.74) is 1.01. The van der Waals surface area contributed by atoms with Crippen LogP contribution < -0.4 is 0 Å². The Kier molecular flexibility index (Phi) is 3.55. The zero-order valence-corrected chi connectivity index (χ0v) is 10.7. The van der Waals surface area contributed by atoms with Gasteiger partial charge in [0, 0.05) is 6.20 Å². The molecular weight excluding hydrogens is 290 g/mol. The van der Waals surface area contributed by atoms with E-state index in [4.69, 9.17) is 46.4 Å². The lowest BCUT2D eigenvalue weighted by molar-refractivity contribution is 1.25. The number of pyridine rings is 2. The van der Waals surface area contributed by atoms with Crippen molar-refractivity contribution in [2.75, 3.05) is 0 Å². The minimum absolute atomic E-state index is 0.108. The van der Waals surface area contributed by atoms with E-state index in [0.29, 0.717) is 11.4 Å². The maximum absolute atomic E-state index is 6.03. The summed E-state index contributed by atoms with van der Waals surface area (Å²) < 4.78 is 0. The van der Waals surface area contributed by atoms with Gasteiger partial charge in [0.2, 0.25) is 0 Å².